The molecule has 4 rings (SSSR count). The molecule has 7 heteroatoms. The van der Waals surface area contributed by atoms with Crippen LogP contribution in [0.4, 0.5) is 5.69 Å². The monoisotopic (exact) mass is 524 g/mol. The van der Waals surface area contributed by atoms with Crippen molar-refractivity contribution in [1.29, 1.82) is 5.26 Å². The number of para-hydroxylation sites is 1. The maximum Gasteiger partial charge on any atom is 0.266 e. The number of benzene rings is 4. The van der Waals surface area contributed by atoms with Crippen LogP contribution in [-0.4, -0.2) is 13.0 Å². The van der Waals surface area contributed by atoms with E-state index < -0.39 is 5.91 Å². The minimum absolute atomic E-state index is 0.0670. The van der Waals surface area contributed by atoms with Crippen molar-refractivity contribution in [2.24, 2.45) is 0 Å². The number of amides is 1. The molecule has 0 atom stereocenters. The van der Waals surface area contributed by atoms with Gasteiger partial charge in [0, 0.05) is 16.3 Å². The molecule has 0 heterocycles. The third-order valence-corrected chi connectivity index (χ3v) is 5.76. The Bertz CT molecular complexity index is 1480. The zero-order chi connectivity index (χ0) is 26.7. The molecule has 4 aromatic carbocycles. The van der Waals surface area contributed by atoms with Crippen molar-refractivity contribution in [3.05, 3.63) is 124 Å². The van der Waals surface area contributed by atoms with Gasteiger partial charge in [-0.3, -0.25) is 4.79 Å². The van der Waals surface area contributed by atoms with Crippen LogP contribution in [-0.2, 0) is 18.0 Å². The molecule has 0 aliphatic carbocycles. The second kappa shape index (κ2) is 13.0. The van der Waals surface area contributed by atoms with Gasteiger partial charge < -0.3 is 19.5 Å². The molecule has 190 valence electrons. The van der Waals surface area contributed by atoms with Crippen LogP contribution >= 0.6 is 11.6 Å². The Morgan fingerprint density at radius 1 is 0.842 bits per heavy atom. The third kappa shape index (κ3) is 7.16. The van der Waals surface area contributed by atoms with E-state index in [0.29, 0.717) is 40.1 Å². The number of nitrogens with one attached hydrogen (secondary N) is 1. The molecule has 38 heavy (non-hydrogen) atoms. The van der Waals surface area contributed by atoms with Crippen molar-refractivity contribution in [1.82, 2.24) is 0 Å². The summed E-state index contributed by atoms with van der Waals surface area (Å²) in [6.45, 7) is 0.676. The standard InChI is InChI=1S/C31H25ClN2O4/c1-36-30-16-23(14-15-29(30)38-20-22-8-3-2-4-9-22)21-37-28-13-6-5-10-24(28)17-25(19-33)31(35)34-27-12-7-11-26(32)18-27/h2-18H,20-21H2,1H3,(H,34,35)/b25-17-. The van der Waals surface area contributed by atoms with Gasteiger partial charge in [0.1, 0.15) is 30.6 Å². The zero-order valence-electron chi connectivity index (χ0n) is 20.7. The van der Waals surface area contributed by atoms with E-state index in [4.69, 9.17) is 25.8 Å². The number of carbonyl (C=O) groups is 1. The average Bonchev–Trinajstić information content (AvgIpc) is 2.94. The van der Waals surface area contributed by atoms with Crippen molar-refractivity contribution in [3.8, 4) is 23.3 Å². The Balaban J connectivity index is 1.45. The SMILES string of the molecule is COc1cc(COc2ccccc2/C=C(/C#N)C(=O)Nc2cccc(Cl)c2)ccc1OCc1ccccc1. The first-order valence-corrected chi connectivity index (χ1v) is 12.2. The van der Waals surface area contributed by atoms with Gasteiger partial charge >= 0.3 is 0 Å². The van der Waals surface area contributed by atoms with Gasteiger partial charge in [0.15, 0.2) is 11.5 Å². The summed E-state index contributed by atoms with van der Waals surface area (Å²) in [5.74, 6) is 1.21. The lowest BCUT2D eigenvalue weighted by molar-refractivity contribution is -0.112. The highest BCUT2D eigenvalue weighted by Crippen LogP contribution is 2.30. The lowest BCUT2D eigenvalue weighted by Gasteiger charge is -2.14. The summed E-state index contributed by atoms with van der Waals surface area (Å²) in [7, 11) is 1.59. The zero-order valence-corrected chi connectivity index (χ0v) is 21.4. The summed E-state index contributed by atoms with van der Waals surface area (Å²) in [6.07, 6.45) is 1.50. The molecule has 0 aliphatic rings. The van der Waals surface area contributed by atoms with Crippen LogP contribution in [0.5, 0.6) is 17.2 Å². The van der Waals surface area contributed by atoms with Crippen LogP contribution in [0.2, 0.25) is 5.02 Å². The van der Waals surface area contributed by atoms with E-state index >= 15 is 0 Å². The fourth-order valence-electron chi connectivity index (χ4n) is 3.62. The Morgan fingerprint density at radius 2 is 1.58 bits per heavy atom. The topological polar surface area (TPSA) is 80.6 Å². The molecular formula is C31H25ClN2O4. The summed E-state index contributed by atoms with van der Waals surface area (Å²) in [6, 6.07) is 31.4. The normalized spacial score (nSPS) is 10.8. The quantitative estimate of drug-likeness (QED) is 0.177. The van der Waals surface area contributed by atoms with E-state index in [1.807, 2.05) is 66.7 Å². The van der Waals surface area contributed by atoms with Crippen LogP contribution in [0.25, 0.3) is 6.08 Å². The molecule has 6 nitrogen and oxygen atoms in total. The lowest BCUT2D eigenvalue weighted by atomic mass is 10.1. The van der Waals surface area contributed by atoms with Gasteiger partial charge in [-0.2, -0.15) is 5.26 Å². The summed E-state index contributed by atoms with van der Waals surface area (Å²) in [4.78, 5) is 12.7. The fraction of sp³-hybridized carbons (Fsp3) is 0.0968. The smallest absolute Gasteiger partial charge is 0.266 e. The molecule has 0 saturated carbocycles. The van der Waals surface area contributed by atoms with Crippen molar-refractivity contribution >= 4 is 29.3 Å². The molecule has 0 aliphatic heterocycles. The molecule has 4 aromatic rings. The Labute approximate surface area is 226 Å². The summed E-state index contributed by atoms with van der Waals surface area (Å²) in [5.41, 5.74) is 2.96. The molecule has 0 saturated heterocycles. The third-order valence-electron chi connectivity index (χ3n) is 5.53. The van der Waals surface area contributed by atoms with E-state index in [-0.39, 0.29) is 12.2 Å². The Kier molecular flexibility index (Phi) is 9.01. The van der Waals surface area contributed by atoms with Gasteiger partial charge in [0.2, 0.25) is 0 Å². The van der Waals surface area contributed by atoms with Gasteiger partial charge in [-0.05, 0) is 53.6 Å². The van der Waals surface area contributed by atoms with E-state index in [1.165, 1.54) is 6.08 Å². The van der Waals surface area contributed by atoms with Crippen molar-refractivity contribution in [2.45, 2.75) is 13.2 Å². The number of anilines is 1. The number of methoxy groups -OCH3 is 1. The Hall–Kier alpha value is -4.73. The van der Waals surface area contributed by atoms with Crippen LogP contribution in [0.15, 0.2) is 103 Å². The second-order valence-corrected chi connectivity index (χ2v) is 8.66. The van der Waals surface area contributed by atoms with Crippen molar-refractivity contribution in [2.75, 3.05) is 12.4 Å². The first-order chi connectivity index (χ1) is 18.6. The maximum atomic E-state index is 12.7. The van der Waals surface area contributed by atoms with E-state index in [9.17, 15) is 10.1 Å². The summed E-state index contributed by atoms with van der Waals surface area (Å²) >= 11 is 5.98. The summed E-state index contributed by atoms with van der Waals surface area (Å²) in [5, 5.41) is 12.8. The number of rotatable bonds is 10. The van der Waals surface area contributed by atoms with Crippen molar-refractivity contribution in [3.63, 3.8) is 0 Å². The molecular weight excluding hydrogens is 500 g/mol. The number of halogens is 1. The molecule has 0 radical (unpaired) electrons. The highest BCUT2D eigenvalue weighted by molar-refractivity contribution is 6.31. The predicted octanol–water partition coefficient (Wildman–Crippen LogP) is 7.05. The lowest BCUT2D eigenvalue weighted by Crippen LogP contribution is -2.13. The van der Waals surface area contributed by atoms with E-state index in [1.54, 1.807) is 43.5 Å². The van der Waals surface area contributed by atoms with Gasteiger partial charge in [-0.1, -0.05) is 72.3 Å². The van der Waals surface area contributed by atoms with Crippen LogP contribution in [0.1, 0.15) is 16.7 Å². The number of nitrogens with zero attached hydrogens (tertiary/aromatic N) is 1. The Morgan fingerprint density at radius 3 is 2.34 bits per heavy atom. The number of hydrogen-bond donors (Lipinski definition) is 1. The predicted molar refractivity (Wildman–Crippen MR) is 148 cm³/mol. The highest BCUT2D eigenvalue weighted by atomic mass is 35.5. The largest absolute Gasteiger partial charge is 0.493 e. The van der Waals surface area contributed by atoms with Gasteiger partial charge in [0.25, 0.3) is 5.91 Å². The molecule has 0 aromatic heterocycles. The number of nitriles is 1. The van der Waals surface area contributed by atoms with Gasteiger partial charge in [-0.25, -0.2) is 0 Å². The molecule has 0 spiro atoms. The van der Waals surface area contributed by atoms with E-state index in [0.717, 1.165) is 11.1 Å². The molecule has 0 bridgehead atoms. The molecule has 0 fully saturated rings. The average molecular weight is 525 g/mol. The minimum Gasteiger partial charge on any atom is -0.493 e. The van der Waals surface area contributed by atoms with Crippen molar-refractivity contribution < 1.29 is 19.0 Å². The molecule has 1 N–H and O–H groups in total. The highest BCUT2D eigenvalue weighted by Gasteiger charge is 2.12. The minimum atomic E-state index is -0.541. The van der Waals surface area contributed by atoms with Gasteiger partial charge in [0.05, 0.1) is 7.11 Å². The van der Waals surface area contributed by atoms with Crippen LogP contribution < -0.4 is 19.5 Å². The molecule has 0 unspecified atom stereocenters. The number of hydrogen-bond acceptors (Lipinski definition) is 5. The van der Waals surface area contributed by atoms with Crippen LogP contribution in [0.3, 0.4) is 0 Å². The fourth-order valence-corrected chi connectivity index (χ4v) is 3.81. The molecule has 1 amide bonds. The number of carbonyl (C=O) groups excluding carboxylic acids is 1. The first-order valence-electron chi connectivity index (χ1n) is 11.8. The number of ether oxygens (including phenoxy) is 3. The van der Waals surface area contributed by atoms with E-state index in [2.05, 4.69) is 5.32 Å². The first kappa shape index (κ1) is 26.3. The second-order valence-electron chi connectivity index (χ2n) is 8.22. The maximum absolute atomic E-state index is 12.7. The summed E-state index contributed by atoms with van der Waals surface area (Å²) < 4.78 is 17.5. The van der Waals surface area contributed by atoms with Crippen LogP contribution in [0, 0.1) is 11.3 Å². The van der Waals surface area contributed by atoms with Gasteiger partial charge in [-0.15, -0.1) is 0 Å².